The number of hydrogen-bond donors (Lipinski definition) is 2. The van der Waals surface area contributed by atoms with Gasteiger partial charge >= 0.3 is 0 Å². The predicted octanol–water partition coefficient (Wildman–Crippen LogP) is 2.19. The van der Waals surface area contributed by atoms with Crippen LogP contribution in [-0.4, -0.2) is 16.2 Å². The van der Waals surface area contributed by atoms with E-state index in [0.29, 0.717) is 29.7 Å². The van der Waals surface area contributed by atoms with E-state index in [1.165, 1.54) is 11.5 Å². The molecule has 0 aliphatic rings. The van der Waals surface area contributed by atoms with Crippen LogP contribution in [0.1, 0.15) is 19.0 Å². The van der Waals surface area contributed by atoms with Crippen molar-refractivity contribution in [3.8, 4) is 11.5 Å². The summed E-state index contributed by atoms with van der Waals surface area (Å²) in [6.07, 6.45) is 0.950. The van der Waals surface area contributed by atoms with Gasteiger partial charge in [0.25, 0.3) is 0 Å². The van der Waals surface area contributed by atoms with Crippen molar-refractivity contribution in [2.24, 2.45) is 5.84 Å². The molecule has 1 aromatic heterocycles. The Morgan fingerprint density at radius 2 is 2.00 bits per heavy atom. The third-order valence-corrected chi connectivity index (χ3v) is 3.06. The van der Waals surface area contributed by atoms with Gasteiger partial charge in [0.2, 0.25) is 0 Å². The Labute approximate surface area is 115 Å². The molecule has 0 saturated carbocycles. The topological polar surface area (TPSA) is 82.3 Å². The van der Waals surface area contributed by atoms with Crippen LogP contribution in [0.3, 0.4) is 0 Å². The maximum Gasteiger partial charge on any atom is 0.161 e. The molecule has 0 fully saturated rings. The summed E-state index contributed by atoms with van der Waals surface area (Å²) in [5.41, 5.74) is 3.22. The van der Waals surface area contributed by atoms with Crippen LogP contribution >= 0.6 is 11.5 Å². The van der Waals surface area contributed by atoms with Crippen molar-refractivity contribution in [2.45, 2.75) is 20.0 Å². The van der Waals surface area contributed by atoms with Crippen LogP contribution < -0.4 is 20.7 Å². The molecule has 0 aliphatic carbocycles. The Morgan fingerprint density at radius 3 is 2.68 bits per heavy atom. The van der Waals surface area contributed by atoms with Crippen molar-refractivity contribution < 1.29 is 9.47 Å². The second-order valence-electron chi connectivity index (χ2n) is 3.78. The minimum atomic E-state index is 0.294. The number of nitrogens with two attached hydrogens (primary N) is 1. The van der Waals surface area contributed by atoms with Crippen molar-refractivity contribution in [1.82, 2.24) is 9.59 Å². The molecule has 2 aromatic rings. The van der Waals surface area contributed by atoms with Gasteiger partial charge in [0.1, 0.15) is 12.3 Å². The Kier molecular flexibility index (Phi) is 4.93. The number of nitrogens with one attached hydrogen (secondary N) is 1. The number of para-hydroxylation sites is 2. The van der Waals surface area contributed by atoms with Gasteiger partial charge in [0.05, 0.1) is 6.61 Å². The van der Waals surface area contributed by atoms with Crippen molar-refractivity contribution >= 4 is 16.5 Å². The fourth-order valence-electron chi connectivity index (χ4n) is 1.46. The van der Waals surface area contributed by atoms with Crippen LogP contribution in [0.15, 0.2) is 24.3 Å². The van der Waals surface area contributed by atoms with Crippen molar-refractivity contribution in [3.05, 3.63) is 30.0 Å². The van der Waals surface area contributed by atoms with Crippen LogP contribution in [0, 0.1) is 0 Å². The lowest BCUT2D eigenvalue weighted by Crippen LogP contribution is -2.09. The number of nitrogen functional groups attached to an aromatic ring is 1. The highest BCUT2D eigenvalue weighted by Crippen LogP contribution is 2.28. The highest BCUT2D eigenvalue weighted by Gasteiger charge is 2.09. The van der Waals surface area contributed by atoms with E-state index in [2.05, 4.69) is 21.9 Å². The van der Waals surface area contributed by atoms with E-state index >= 15 is 0 Å². The van der Waals surface area contributed by atoms with E-state index in [-0.39, 0.29) is 0 Å². The Morgan fingerprint density at radius 1 is 1.26 bits per heavy atom. The molecule has 102 valence electrons. The van der Waals surface area contributed by atoms with Crippen LogP contribution in [0.5, 0.6) is 11.5 Å². The van der Waals surface area contributed by atoms with E-state index in [9.17, 15) is 0 Å². The summed E-state index contributed by atoms with van der Waals surface area (Å²) in [6, 6.07) is 7.55. The first kappa shape index (κ1) is 13.6. The number of hydrogen-bond acceptors (Lipinski definition) is 7. The maximum atomic E-state index is 5.70. The lowest BCUT2D eigenvalue weighted by molar-refractivity contribution is 0.259. The third kappa shape index (κ3) is 3.55. The summed E-state index contributed by atoms with van der Waals surface area (Å²) < 4.78 is 15.1. The lowest BCUT2D eigenvalue weighted by Gasteiger charge is -2.11. The Hall–Kier alpha value is -1.86. The van der Waals surface area contributed by atoms with E-state index in [0.717, 1.165) is 12.2 Å². The normalized spacial score (nSPS) is 10.2. The quantitative estimate of drug-likeness (QED) is 0.597. The number of aromatic nitrogens is 2. The zero-order valence-electron chi connectivity index (χ0n) is 10.6. The lowest BCUT2D eigenvalue weighted by atomic mass is 10.3. The molecule has 0 radical (unpaired) electrons. The molecule has 0 saturated heterocycles. The molecule has 2 rings (SSSR count). The van der Waals surface area contributed by atoms with Gasteiger partial charge in [0.15, 0.2) is 16.5 Å². The standard InChI is InChI=1S/C12H16N4O2S/c1-2-7-17-10-5-3-4-6-11(10)18-8-9-12(14-13)19-16-15-9/h3-6,14H,2,7-8,13H2,1H3. The number of ether oxygens (including phenoxy) is 2. The first-order valence-electron chi connectivity index (χ1n) is 5.97. The van der Waals surface area contributed by atoms with Crippen molar-refractivity contribution in [1.29, 1.82) is 0 Å². The first-order chi connectivity index (χ1) is 9.35. The molecule has 0 amide bonds. The van der Waals surface area contributed by atoms with Gasteiger partial charge < -0.3 is 14.9 Å². The Bertz CT molecular complexity index is 518. The van der Waals surface area contributed by atoms with Crippen LogP contribution in [0.25, 0.3) is 0 Å². The molecule has 0 unspecified atom stereocenters. The van der Waals surface area contributed by atoms with Gasteiger partial charge in [-0.15, -0.1) is 5.10 Å². The highest BCUT2D eigenvalue weighted by atomic mass is 32.1. The largest absolute Gasteiger partial charge is 0.490 e. The SMILES string of the molecule is CCCOc1ccccc1OCc1nnsc1NN. The molecule has 0 spiro atoms. The van der Waals surface area contributed by atoms with Gasteiger partial charge in [-0.2, -0.15) is 0 Å². The van der Waals surface area contributed by atoms with Crippen molar-refractivity contribution in [3.63, 3.8) is 0 Å². The minimum absolute atomic E-state index is 0.294. The molecule has 6 nitrogen and oxygen atoms in total. The maximum absolute atomic E-state index is 5.70. The van der Waals surface area contributed by atoms with Gasteiger partial charge in [0, 0.05) is 11.5 Å². The molecule has 0 atom stereocenters. The smallest absolute Gasteiger partial charge is 0.161 e. The second-order valence-corrected chi connectivity index (χ2v) is 4.53. The number of rotatable bonds is 7. The summed E-state index contributed by atoms with van der Waals surface area (Å²) in [4.78, 5) is 0. The van der Waals surface area contributed by atoms with Gasteiger partial charge in [-0.1, -0.05) is 23.5 Å². The van der Waals surface area contributed by atoms with Crippen molar-refractivity contribution in [2.75, 3.05) is 12.0 Å². The average Bonchev–Trinajstić information content (AvgIpc) is 2.91. The predicted molar refractivity (Wildman–Crippen MR) is 74.3 cm³/mol. The highest BCUT2D eigenvalue weighted by molar-refractivity contribution is 7.10. The summed E-state index contributed by atoms with van der Waals surface area (Å²) in [5, 5.41) is 4.66. The van der Waals surface area contributed by atoms with Gasteiger partial charge in [-0.05, 0) is 18.6 Å². The Balaban J connectivity index is 2.02. The summed E-state index contributed by atoms with van der Waals surface area (Å²) in [7, 11) is 0. The van der Waals surface area contributed by atoms with Crippen LogP contribution in [0.2, 0.25) is 0 Å². The summed E-state index contributed by atoms with van der Waals surface area (Å²) in [6.45, 7) is 3.01. The molecular formula is C12H16N4O2S. The van der Waals surface area contributed by atoms with E-state index in [1.54, 1.807) is 0 Å². The van der Waals surface area contributed by atoms with Gasteiger partial charge in [-0.25, -0.2) is 5.84 Å². The van der Waals surface area contributed by atoms with E-state index in [1.807, 2.05) is 24.3 Å². The second kappa shape index (κ2) is 6.91. The summed E-state index contributed by atoms with van der Waals surface area (Å²) >= 11 is 1.19. The van der Waals surface area contributed by atoms with Crippen LogP contribution in [-0.2, 0) is 6.61 Å². The van der Waals surface area contributed by atoms with E-state index < -0.39 is 0 Å². The molecule has 19 heavy (non-hydrogen) atoms. The third-order valence-electron chi connectivity index (χ3n) is 2.36. The number of benzene rings is 1. The molecule has 1 heterocycles. The van der Waals surface area contributed by atoms with Gasteiger partial charge in [-0.3, -0.25) is 0 Å². The zero-order chi connectivity index (χ0) is 13.5. The zero-order valence-corrected chi connectivity index (χ0v) is 11.4. The fraction of sp³-hybridized carbons (Fsp3) is 0.333. The molecule has 0 bridgehead atoms. The van der Waals surface area contributed by atoms with E-state index in [4.69, 9.17) is 15.3 Å². The number of hydrazine groups is 1. The molecule has 7 heteroatoms. The molecule has 1 aromatic carbocycles. The number of anilines is 1. The average molecular weight is 280 g/mol. The monoisotopic (exact) mass is 280 g/mol. The number of nitrogens with zero attached hydrogens (tertiary/aromatic N) is 2. The summed E-state index contributed by atoms with van der Waals surface area (Å²) in [5.74, 6) is 6.78. The first-order valence-corrected chi connectivity index (χ1v) is 6.75. The molecular weight excluding hydrogens is 264 g/mol. The molecule has 0 aliphatic heterocycles. The minimum Gasteiger partial charge on any atom is -0.490 e. The fourth-order valence-corrected chi connectivity index (χ4v) is 1.94. The van der Waals surface area contributed by atoms with Crippen LogP contribution in [0.4, 0.5) is 5.00 Å². The molecule has 3 N–H and O–H groups in total.